The lowest BCUT2D eigenvalue weighted by atomic mass is 10.0. The molecule has 222 valence electrons. The van der Waals surface area contributed by atoms with Crippen LogP contribution >= 0.6 is 0 Å². The molecule has 0 atom stereocenters. The minimum Gasteiger partial charge on any atom is -0.491 e. The van der Waals surface area contributed by atoms with E-state index in [1.165, 1.54) is 5.56 Å². The summed E-state index contributed by atoms with van der Waals surface area (Å²) in [6.45, 7) is 27.1. The summed E-state index contributed by atoms with van der Waals surface area (Å²) in [6.07, 6.45) is 2.46. The van der Waals surface area contributed by atoms with Crippen LogP contribution in [-0.4, -0.2) is 28.3 Å². The first-order chi connectivity index (χ1) is 18.7. The van der Waals surface area contributed by atoms with Crippen molar-refractivity contribution in [1.82, 2.24) is 9.97 Å². The summed E-state index contributed by atoms with van der Waals surface area (Å²) >= 11 is 0. The number of nitrogens with zero attached hydrogens (tertiary/aromatic N) is 2. The van der Waals surface area contributed by atoms with Gasteiger partial charge in [-0.15, -0.1) is 0 Å². The third kappa shape index (κ3) is 13.8. The van der Waals surface area contributed by atoms with Crippen molar-refractivity contribution >= 4 is 0 Å². The minimum absolute atomic E-state index is 0.209. The van der Waals surface area contributed by atoms with Crippen molar-refractivity contribution in [2.75, 3.05) is 0 Å². The van der Waals surface area contributed by atoms with Gasteiger partial charge >= 0.3 is 0 Å². The molecule has 0 saturated carbocycles. The molecule has 0 fully saturated rings. The zero-order valence-corrected chi connectivity index (χ0v) is 27.3. The van der Waals surface area contributed by atoms with Gasteiger partial charge in [0.25, 0.3) is 0 Å². The third-order valence-electron chi connectivity index (χ3n) is 5.65. The topological polar surface area (TPSA) is 53.5 Å². The molecule has 0 aliphatic rings. The summed E-state index contributed by atoms with van der Waals surface area (Å²) in [4.78, 5) is 8.81. The molecule has 0 unspecified atom stereocenters. The molecule has 5 heteroatoms. The van der Waals surface area contributed by atoms with Gasteiger partial charge in [0.1, 0.15) is 17.2 Å². The van der Waals surface area contributed by atoms with E-state index in [9.17, 15) is 0 Å². The second-order valence-corrected chi connectivity index (χ2v) is 11.8. The summed E-state index contributed by atoms with van der Waals surface area (Å²) in [5, 5.41) is 0. The second kappa shape index (κ2) is 17.6. The van der Waals surface area contributed by atoms with E-state index in [1.54, 1.807) is 6.20 Å². The third-order valence-corrected chi connectivity index (χ3v) is 5.65. The quantitative estimate of drug-likeness (QED) is 0.265. The first-order valence-electron chi connectivity index (χ1n) is 14.7. The fourth-order valence-electron chi connectivity index (χ4n) is 3.55. The van der Waals surface area contributed by atoms with Crippen LogP contribution in [0.4, 0.5) is 0 Å². The molecule has 1 aromatic carbocycles. The van der Waals surface area contributed by atoms with Gasteiger partial charge in [0.15, 0.2) is 0 Å². The summed E-state index contributed by atoms with van der Waals surface area (Å²) in [6, 6.07) is 16.4. The molecule has 3 rings (SSSR count). The van der Waals surface area contributed by atoms with Gasteiger partial charge < -0.3 is 14.2 Å². The maximum absolute atomic E-state index is 5.62. The van der Waals surface area contributed by atoms with E-state index < -0.39 is 0 Å². The smallest absolute Gasteiger partial charge is 0.140 e. The average molecular weight is 551 g/mol. The molecular weight excluding hydrogens is 496 g/mol. The lowest BCUT2D eigenvalue weighted by Crippen LogP contribution is -2.08. The number of ether oxygens (including phenoxy) is 3. The Morgan fingerprint density at radius 3 is 1.38 bits per heavy atom. The summed E-state index contributed by atoms with van der Waals surface area (Å²) < 4.78 is 16.7. The van der Waals surface area contributed by atoms with Crippen molar-refractivity contribution in [2.45, 2.75) is 126 Å². The lowest BCUT2D eigenvalue weighted by Gasteiger charge is -2.13. The fraction of sp³-hybridized carbons (Fsp3) is 0.543. The first-order valence-corrected chi connectivity index (χ1v) is 14.7. The van der Waals surface area contributed by atoms with Crippen molar-refractivity contribution in [3.05, 3.63) is 77.4 Å². The maximum atomic E-state index is 5.62. The molecule has 0 N–H and O–H groups in total. The molecule has 40 heavy (non-hydrogen) atoms. The highest BCUT2D eigenvalue weighted by atomic mass is 16.5. The van der Waals surface area contributed by atoms with Gasteiger partial charge in [-0.05, 0) is 108 Å². The van der Waals surface area contributed by atoms with E-state index in [1.807, 2.05) is 84.9 Å². The molecule has 5 nitrogen and oxygen atoms in total. The molecule has 0 aliphatic heterocycles. The number of aryl methyl sites for hydroxylation is 1. The van der Waals surface area contributed by atoms with Crippen LogP contribution in [0.1, 0.15) is 123 Å². The Balaban J connectivity index is 0.000000300. The van der Waals surface area contributed by atoms with E-state index in [0.29, 0.717) is 17.8 Å². The van der Waals surface area contributed by atoms with Crippen LogP contribution < -0.4 is 14.2 Å². The highest BCUT2D eigenvalue weighted by molar-refractivity contribution is 5.30. The predicted octanol–water partition coefficient (Wildman–Crippen LogP) is 9.89. The molecule has 3 aromatic rings. The van der Waals surface area contributed by atoms with Crippen molar-refractivity contribution in [1.29, 1.82) is 0 Å². The second-order valence-electron chi connectivity index (χ2n) is 11.8. The van der Waals surface area contributed by atoms with Crippen molar-refractivity contribution in [3.63, 3.8) is 0 Å². The molecular formula is C35H54N2O3. The molecule has 0 aliphatic carbocycles. The Bertz CT molecular complexity index is 1030. The monoisotopic (exact) mass is 550 g/mol. The Kier molecular flexibility index (Phi) is 15.4. The van der Waals surface area contributed by atoms with Crippen LogP contribution in [0.15, 0.2) is 54.7 Å². The van der Waals surface area contributed by atoms with Gasteiger partial charge in [0.05, 0.1) is 30.2 Å². The molecule has 2 heterocycles. The average Bonchev–Trinajstić information content (AvgIpc) is 2.85. The fourth-order valence-corrected chi connectivity index (χ4v) is 3.55. The van der Waals surface area contributed by atoms with E-state index in [-0.39, 0.29) is 18.3 Å². The molecule has 2 aromatic heterocycles. The largest absolute Gasteiger partial charge is 0.491 e. The summed E-state index contributed by atoms with van der Waals surface area (Å²) in [5.41, 5.74) is 4.57. The Morgan fingerprint density at radius 2 is 0.975 bits per heavy atom. The van der Waals surface area contributed by atoms with Crippen LogP contribution in [0.2, 0.25) is 0 Å². The van der Waals surface area contributed by atoms with Crippen LogP contribution in [-0.2, 0) is 0 Å². The lowest BCUT2D eigenvalue weighted by molar-refractivity contribution is 0.239. The Hall–Kier alpha value is -3.08. The van der Waals surface area contributed by atoms with Crippen molar-refractivity contribution in [2.24, 2.45) is 0 Å². The number of aromatic nitrogens is 2. The number of pyridine rings is 2. The number of benzene rings is 1. The standard InChI is InChI=1S/C12H19NO.C12H18O.C11H17NO/c1-8(2)11-6-7-12(10(5)13-11)14-9(3)4;1-9(2)11-5-7-12(8-6-11)13-10(3)4;1-8(2)11-6-5-10(7-12-11)13-9(3)4/h6-9H,1-5H3;5-10H,1-4H3;5-9H,1-4H3. The Morgan fingerprint density at radius 1 is 0.500 bits per heavy atom. The van der Waals surface area contributed by atoms with Gasteiger partial charge in [-0.25, -0.2) is 0 Å². The Labute approximate surface area is 244 Å². The van der Waals surface area contributed by atoms with E-state index in [0.717, 1.165) is 34.3 Å². The first kappa shape index (κ1) is 34.9. The summed E-state index contributed by atoms with van der Waals surface area (Å²) in [7, 11) is 0. The normalized spacial score (nSPS) is 11.0. The van der Waals surface area contributed by atoms with Crippen LogP contribution in [0.3, 0.4) is 0 Å². The van der Waals surface area contributed by atoms with Crippen LogP contribution in [0.5, 0.6) is 17.2 Å². The van der Waals surface area contributed by atoms with Gasteiger partial charge in [0.2, 0.25) is 0 Å². The van der Waals surface area contributed by atoms with E-state index in [4.69, 9.17) is 14.2 Å². The van der Waals surface area contributed by atoms with Gasteiger partial charge in [-0.1, -0.05) is 53.7 Å². The molecule has 0 saturated heterocycles. The highest BCUT2D eigenvalue weighted by Gasteiger charge is 2.07. The van der Waals surface area contributed by atoms with Crippen molar-refractivity contribution in [3.8, 4) is 17.2 Å². The summed E-state index contributed by atoms with van der Waals surface area (Å²) in [5.74, 6) is 4.24. The SMILES string of the molecule is CC(C)Oc1ccc(C(C)C)cc1.CC(C)Oc1ccc(C(C)C)nc1.Cc1nc(C(C)C)ccc1OC(C)C. The number of rotatable bonds is 9. The van der Waals surface area contributed by atoms with Gasteiger partial charge in [0, 0.05) is 11.4 Å². The number of hydrogen-bond donors (Lipinski definition) is 0. The van der Waals surface area contributed by atoms with Gasteiger partial charge in [-0.3, -0.25) is 9.97 Å². The van der Waals surface area contributed by atoms with Crippen molar-refractivity contribution < 1.29 is 14.2 Å². The highest BCUT2D eigenvalue weighted by Crippen LogP contribution is 2.21. The van der Waals surface area contributed by atoms with E-state index in [2.05, 4.69) is 63.6 Å². The van der Waals surface area contributed by atoms with Crippen LogP contribution in [0.25, 0.3) is 0 Å². The maximum Gasteiger partial charge on any atom is 0.140 e. The zero-order chi connectivity index (χ0) is 30.4. The number of hydrogen-bond acceptors (Lipinski definition) is 5. The molecule has 0 bridgehead atoms. The minimum atomic E-state index is 0.209. The van der Waals surface area contributed by atoms with E-state index >= 15 is 0 Å². The molecule has 0 spiro atoms. The molecule has 0 amide bonds. The van der Waals surface area contributed by atoms with Gasteiger partial charge in [-0.2, -0.15) is 0 Å². The predicted molar refractivity (Wildman–Crippen MR) is 169 cm³/mol. The van der Waals surface area contributed by atoms with Crippen LogP contribution in [0, 0.1) is 6.92 Å². The molecule has 0 radical (unpaired) electrons. The zero-order valence-electron chi connectivity index (χ0n) is 27.3.